The van der Waals surface area contributed by atoms with Crippen LogP contribution in [0.5, 0.6) is 0 Å². The number of carbonyl (C=O) groups excluding carboxylic acids is 1. The van der Waals surface area contributed by atoms with Crippen LogP contribution in [0.2, 0.25) is 0 Å². The lowest BCUT2D eigenvalue weighted by molar-refractivity contribution is 0.0531. The number of carbonyl (C=O) groups is 1. The number of hydrogen-bond acceptors (Lipinski definition) is 8. The highest BCUT2D eigenvalue weighted by atomic mass is 32.2. The first-order valence-electron chi connectivity index (χ1n) is 8.70. The number of hydrogen-bond donors (Lipinski definition) is 1. The van der Waals surface area contributed by atoms with Gasteiger partial charge in [-0.15, -0.1) is 11.3 Å². The molecule has 0 spiro atoms. The summed E-state index contributed by atoms with van der Waals surface area (Å²) in [6.07, 6.45) is 0. The first-order chi connectivity index (χ1) is 13.5. The molecule has 0 aliphatic rings. The van der Waals surface area contributed by atoms with Crippen LogP contribution >= 0.6 is 23.1 Å². The highest BCUT2D eigenvalue weighted by Crippen LogP contribution is 2.35. The average Bonchev–Trinajstić information content (AvgIpc) is 3.22. The normalized spacial score (nSPS) is 12.5. The molecule has 0 fully saturated rings. The number of aryl methyl sites for hydroxylation is 1. The van der Waals surface area contributed by atoms with Gasteiger partial charge in [0.15, 0.2) is 5.58 Å². The van der Waals surface area contributed by atoms with Crippen molar-refractivity contribution in [1.29, 1.82) is 0 Å². The number of oxazole rings is 1. The van der Waals surface area contributed by atoms with Crippen molar-refractivity contribution in [2.24, 2.45) is 0 Å². The SMILES string of the molecule is CCOC(=O)c1sc2nc(C(C)Sc3nc4ccccc4o3)[nH]c(=O)c2c1C. The molecular weight excluding hydrogens is 398 g/mol. The molecule has 3 heterocycles. The third kappa shape index (κ3) is 3.31. The first-order valence-corrected chi connectivity index (χ1v) is 10.4. The van der Waals surface area contributed by atoms with Crippen LogP contribution in [0.25, 0.3) is 21.3 Å². The van der Waals surface area contributed by atoms with Crippen LogP contribution in [-0.4, -0.2) is 27.5 Å². The lowest BCUT2D eigenvalue weighted by Crippen LogP contribution is -2.12. The van der Waals surface area contributed by atoms with Crippen LogP contribution in [0, 0.1) is 6.92 Å². The highest BCUT2D eigenvalue weighted by Gasteiger charge is 2.22. The summed E-state index contributed by atoms with van der Waals surface area (Å²) in [6.45, 7) is 5.67. The molecule has 3 aromatic heterocycles. The molecular formula is C19H17N3O4S2. The van der Waals surface area contributed by atoms with Gasteiger partial charge in [0.05, 0.1) is 17.2 Å². The fourth-order valence-electron chi connectivity index (χ4n) is 2.85. The summed E-state index contributed by atoms with van der Waals surface area (Å²) in [4.78, 5) is 37.5. The van der Waals surface area contributed by atoms with Gasteiger partial charge >= 0.3 is 5.97 Å². The molecule has 0 saturated carbocycles. The van der Waals surface area contributed by atoms with E-state index in [0.29, 0.717) is 37.3 Å². The average molecular weight is 415 g/mol. The van der Waals surface area contributed by atoms with Gasteiger partial charge in [-0.1, -0.05) is 23.9 Å². The third-order valence-electron chi connectivity index (χ3n) is 4.22. The van der Waals surface area contributed by atoms with E-state index in [-0.39, 0.29) is 17.4 Å². The molecule has 1 N–H and O–H groups in total. The summed E-state index contributed by atoms with van der Waals surface area (Å²) in [6, 6.07) is 7.52. The smallest absolute Gasteiger partial charge is 0.348 e. The van der Waals surface area contributed by atoms with Crippen LogP contribution in [0.15, 0.2) is 38.7 Å². The molecule has 7 nitrogen and oxygen atoms in total. The number of para-hydroxylation sites is 2. The Morgan fingerprint density at radius 3 is 2.89 bits per heavy atom. The van der Waals surface area contributed by atoms with E-state index in [1.807, 2.05) is 31.2 Å². The van der Waals surface area contributed by atoms with Gasteiger partial charge in [0, 0.05) is 0 Å². The maximum Gasteiger partial charge on any atom is 0.348 e. The van der Waals surface area contributed by atoms with Gasteiger partial charge in [-0.3, -0.25) is 4.79 Å². The standard InChI is InChI=1S/C19H17N3O4S2/c1-4-25-18(24)14-9(2)13-16(23)21-15(22-17(13)28-14)10(3)27-19-20-11-7-5-6-8-12(11)26-19/h5-8,10H,4H2,1-3H3,(H,21,22,23). The Bertz CT molecular complexity index is 1210. The lowest BCUT2D eigenvalue weighted by Gasteiger charge is -2.07. The van der Waals surface area contributed by atoms with E-state index >= 15 is 0 Å². The molecule has 0 saturated heterocycles. The number of esters is 1. The van der Waals surface area contributed by atoms with Crippen LogP contribution < -0.4 is 5.56 Å². The summed E-state index contributed by atoms with van der Waals surface area (Å²) in [7, 11) is 0. The zero-order valence-corrected chi connectivity index (χ0v) is 17.1. The Kier molecular flexibility index (Phi) is 4.94. The Morgan fingerprint density at radius 1 is 1.36 bits per heavy atom. The summed E-state index contributed by atoms with van der Waals surface area (Å²) in [5.74, 6) is 0.0688. The van der Waals surface area contributed by atoms with Gasteiger partial charge < -0.3 is 14.1 Å². The van der Waals surface area contributed by atoms with E-state index in [1.54, 1.807) is 13.8 Å². The number of nitrogens with one attached hydrogen (secondary N) is 1. The predicted octanol–water partition coefficient (Wildman–Crippen LogP) is 4.46. The van der Waals surface area contributed by atoms with Crippen molar-refractivity contribution >= 4 is 50.4 Å². The Labute approximate surface area is 168 Å². The number of thioether (sulfide) groups is 1. The Balaban J connectivity index is 1.68. The topological polar surface area (TPSA) is 98.1 Å². The fraction of sp³-hybridized carbons (Fsp3) is 0.263. The minimum Gasteiger partial charge on any atom is -0.462 e. The number of benzene rings is 1. The van der Waals surface area contributed by atoms with Gasteiger partial charge in [-0.25, -0.2) is 14.8 Å². The molecule has 9 heteroatoms. The third-order valence-corrected chi connectivity index (χ3v) is 6.34. The minimum absolute atomic E-state index is 0.196. The largest absolute Gasteiger partial charge is 0.462 e. The molecule has 0 radical (unpaired) electrons. The molecule has 144 valence electrons. The second-order valence-corrected chi connectivity index (χ2v) is 8.41. The Hall–Kier alpha value is -2.65. The van der Waals surface area contributed by atoms with E-state index in [4.69, 9.17) is 9.15 Å². The van der Waals surface area contributed by atoms with Gasteiger partial charge in [-0.05, 0) is 38.5 Å². The maximum absolute atomic E-state index is 12.6. The predicted molar refractivity (Wildman–Crippen MR) is 109 cm³/mol. The van der Waals surface area contributed by atoms with Crippen molar-refractivity contribution < 1.29 is 13.9 Å². The second kappa shape index (κ2) is 7.40. The van der Waals surface area contributed by atoms with E-state index in [9.17, 15) is 9.59 Å². The molecule has 4 rings (SSSR count). The molecule has 0 aliphatic heterocycles. The van der Waals surface area contributed by atoms with Crippen LogP contribution in [-0.2, 0) is 4.74 Å². The molecule has 28 heavy (non-hydrogen) atoms. The zero-order valence-electron chi connectivity index (χ0n) is 15.4. The van der Waals surface area contributed by atoms with E-state index in [2.05, 4.69) is 15.0 Å². The van der Waals surface area contributed by atoms with Gasteiger partial charge in [0.25, 0.3) is 10.8 Å². The van der Waals surface area contributed by atoms with Crippen molar-refractivity contribution in [2.75, 3.05) is 6.61 Å². The first kappa shape index (κ1) is 18.7. The van der Waals surface area contributed by atoms with Crippen molar-refractivity contribution in [3.05, 3.63) is 50.9 Å². The summed E-state index contributed by atoms with van der Waals surface area (Å²) >= 11 is 2.54. The van der Waals surface area contributed by atoms with Gasteiger partial charge in [-0.2, -0.15) is 0 Å². The number of aromatic nitrogens is 3. The number of rotatable bonds is 5. The van der Waals surface area contributed by atoms with Crippen LogP contribution in [0.4, 0.5) is 0 Å². The molecule has 1 unspecified atom stereocenters. The summed E-state index contributed by atoms with van der Waals surface area (Å²) < 4.78 is 10.8. The monoisotopic (exact) mass is 415 g/mol. The number of nitrogens with zero attached hydrogens (tertiary/aromatic N) is 2. The van der Waals surface area contributed by atoms with E-state index < -0.39 is 5.97 Å². The summed E-state index contributed by atoms with van der Waals surface area (Å²) in [5, 5.41) is 0.737. The molecule has 4 aromatic rings. The molecule has 0 bridgehead atoms. The number of H-pyrrole nitrogens is 1. The quantitative estimate of drug-likeness (QED) is 0.379. The number of fused-ring (bicyclic) bond motifs is 2. The van der Waals surface area contributed by atoms with Crippen LogP contribution in [0.1, 0.15) is 40.2 Å². The van der Waals surface area contributed by atoms with Gasteiger partial charge in [0.2, 0.25) is 0 Å². The van der Waals surface area contributed by atoms with Crippen molar-refractivity contribution in [3.63, 3.8) is 0 Å². The van der Waals surface area contributed by atoms with Crippen molar-refractivity contribution in [1.82, 2.24) is 15.0 Å². The number of thiophene rings is 1. The van der Waals surface area contributed by atoms with Crippen LogP contribution in [0.3, 0.4) is 0 Å². The number of aromatic amines is 1. The molecule has 0 aliphatic carbocycles. The van der Waals surface area contributed by atoms with Crippen molar-refractivity contribution in [3.8, 4) is 0 Å². The van der Waals surface area contributed by atoms with Crippen molar-refractivity contribution in [2.45, 2.75) is 31.2 Å². The highest BCUT2D eigenvalue weighted by molar-refractivity contribution is 7.99. The Morgan fingerprint density at radius 2 is 2.14 bits per heavy atom. The van der Waals surface area contributed by atoms with E-state index in [1.165, 1.54) is 23.1 Å². The summed E-state index contributed by atoms with van der Waals surface area (Å²) in [5.41, 5.74) is 1.82. The zero-order chi connectivity index (χ0) is 19.8. The second-order valence-electron chi connectivity index (χ2n) is 6.12. The number of ether oxygens (including phenoxy) is 1. The lowest BCUT2D eigenvalue weighted by atomic mass is 10.2. The maximum atomic E-state index is 12.6. The molecule has 1 atom stereocenters. The molecule has 1 aromatic carbocycles. The fourth-order valence-corrected chi connectivity index (χ4v) is 4.75. The van der Waals surface area contributed by atoms with Gasteiger partial charge in [0.1, 0.15) is 21.0 Å². The van der Waals surface area contributed by atoms with E-state index in [0.717, 1.165) is 5.52 Å². The molecule has 0 amide bonds. The minimum atomic E-state index is -0.433.